The second-order valence-electron chi connectivity index (χ2n) is 6.51. The lowest BCUT2D eigenvalue weighted by atomic mass is 9.97. The number of nitrogens with zero attached hydrogens (tertiary/aromatic N) is 4. The number of anilines is 2. The molecular formula is C16H24N4O2. The quantitative estimate of drug-likeness (QED) is 0.921. The second-order valence-corrected chi connectivity index (χ2v) is 6.51. The molecule has 2 aliphatic rings. The van der Waals surface area contributed by atoms with Crippen LogP contribution in [0, 0.1) is 11.8 Å². The van der Waals surface area contributed by atoms with Crippen LogP contribution in [0.5, 0.6) is 0 Å². The number of aliphatic carboxylic acids is 1. The minimum atomic E-state index is -0.676. The van der Waals surface area contributed by atoms with Crippen LogP contribution in [-0.2, 0) is 4.79 Å². The maximum Gasteiger partial charge on any atom is 0.306 e. The summed E-state index contributed by atoms with van der Waals surface area (Å²) >= 11 is 0. The Labute approximate surface area is 131 Å². The first-order valence-corrected chi connectivity index (χ1v) is 8.19. The van der Waals surface area contributed by atoms with E-state index in [-0.39, 0.29) is 5.92 Å². The lowest BCUT2D eigenvalue weighted by Gasteiger charge is -2.33. The van der Waals surface area contributed by atoms with Crippen LogP contribution in [0.1, 0.15) is 32.6 Å². The Morgan fingerprint density at radius 2 is 2.00 bits per heavy atom. The molecule has 120 valence electrons. The Morgan fingerprint density at radius 3 is 2.68 bits per heavy atom. The van der Waals surface area contributed by atoms with Crippen molar-refractivity contribution < 1.29 is 9.90 Å². The van der Waals surface area contributed by atoms with Crippen molar-refractivity contribution >= 4 is 17.7 Å². The van der Waals surface area contributed by atoms with Gasteiger partial charge in [-0.2, -0.15) is 4.98 Å². The zero-order chi connectivity index (χ0) is 15.5. The molecule has 0 bridgehead atoms. The van der Waals surface area contributed by atoms with Crippen molar-refractivity contribution in [2.45, 2.75) is 32.6 Å². The molecule has 2 fully saturated rings. The van der Waals surface area contributed by atoms with Gasteiger partial charge in [-0.1, -0.05) is 6.92 Å². The average Bonchev–Trinajstić information content (AvgIpc) is 2.55. The van der Waals surface area contributed by atoms with E-state index >= 15 is 0 Å². The van der Waals surface area contributed by atoms with E-state index in [9.17, 15) is 4.79 Å². The summed E-state index contributed by atoms with van der Waals surface area (Å²) in [7, 11) is 0. The molecule has 0 amide bonds. The van der Waals surface area contributed by atoms with Crippen molar-refractivity contribution in [2.75, 3.05) is 36.0 Å². The van der Waals surface area contributed by atoms with Gasteiger partial charge < -0.3 is 14.9 Å². The molecule has 0 saturated carbocycles. The maximum atomic E-state index is 11.0. The standard InChI is InChI=1S/C16H24N4O2/c1-12-3-2-8-20(11-12)16-17-7-4-14(18-16)19-9-5-13(6-10-19)15(21)22/h4,7,12-13H,2-3,5-6,8-11H2,1H3,(H,21,22). The predicted octanol–water partition coefficient (Wildman–Crippen LogP) is 2.01. The molecule has 0 aliphatic carbocycles. The summed E-state index contributed by atoms with van der Waals surface area (Å²) < 4.78 is 0. The molecule has 2 saturated heterocycles. The molecule has 22 heavy (non-hydrogen) atoms. The van der Waals surface area contributed by atoms with Crippen LogP contribution in [0.3, 0.4) is 0 Å². The summed E-state index contributed by atoms with van der Waals surface area (Å²) in [4.78, 5) is 24.6. The number of hydrogen-bond donors (Lipinski definition) is 1. The van der Waals surface area contributed by atoms with Crippen LogP contribution in [0.25, 0.3) is 0 Å². The van der Waals surface area contributed by atoms with Gasteiger partial charge in [0, 0.05) is 32.4 Å². The number of carboxylic acids is 1. The fourth-order valence-corrected chi connectivity index (χ4v) is 3.39. The highest BCUT2D eigenvalue weighted by atomic mass is 16.4. The summed E-state index contributed by atoms with van der Waals surface area (Å²) in [5, 5.41) is 9.08. The molecule has 1 unspecified atom stereocenters. The van der Waals surface area contributed by atoms with Gasteiger partial charge in [0.05, 0.1) is 5.92 Å². The van der Waals surface area contributed by atoms with Gasteiger partial charge in [0.15, 0.2) is 0 Å². The second kappa shape index (κ2) is 6.50. The number of rotatable bonds is 3. The van der Waals surface area contributed by atoms with Crippen LogP contribution in [0.4, 0.5) is 11.8 Å². The van der Waals surface area contributed by atoms with Gasteiger partial charge in [0.1, 0.15) is 5.82 Å². The van der Waals surface area contributed by atoms with Crippen molar-refractivity contribution in [3.8, 4) is 0 Å². The SMILES string of the molecule is CC1CCCN(c2nccc(N3CCC(C(=O)O)CC3)n2)C1. The third-order valence-electron chi connectivity index (χ3n) is 4.74. The summed E-state index contributed by atoms with van der Waals surface area (Å²) in [5.41, 5.74) is 0. The fourth-order valence-electron chi connectivity index (χ4n) is 3.39. The lowest BCUT2D eigenvalue weighted by molar-refractivity contribution is -0.142. The lowest BCUT2D eigenvalue weighted by Crippen LogP contribution is -2.38. The fraction of sp³-hybridized carbons (Fsp3) is 0.688. The first-order chi connectivity index (χ1) is 10.6. The molecule has 0 aromatic carbocycles. The molecule has 1 atom stereocenters. The highest BCUT2D eigenvalue weighted by molar-refractivity contribution is 5.70. The molecule has 6 heteroatoms. The number of piperidine rings is 2. The van der Waals surface area contributed by atoms with Gasteiger partial charge in [-0.3, -0.25) is 4.79 Å². The van der Waals surface area contributed by atoms with Crippen molar-refractivity contribution in [3.05, 3.63) is 12.3 Å². The summed E-state index contributed by atoms with van der Waals surface area (Å²) in [5.74, 6) is 1.54. The van der Waals surface area contributed by atoms with Gasteiger partial charge in [-0.15, -0.1) is 0 Å². The van der Waals surface area contributed by atoms with Crippen LogP contribution in [0.2, 0.25) is 0 Å². The number of hydrogen-bond acceptors (Lipinski definition) is 5. The summed E-state index contributed by atoms with van der Waals surface area (Å²) in [6, 6.07) is 1.93. The normalized spacial score (nSPS) is 23.6. The molecule has 1 aromatic heterocycles. The van der Waals surface area contributed by atoms with Gasteiger partial charge in [0.2, 0.25) is 5.95 Å². The van der Waals surface area contributed by atoms with E-state index in [1.807, 2.05) is 12.3 Å². The Kier molecular flexibility index (Phi) is 4.45. The Hall–Kier alpha value is -1.85. The first kappa shape index (κ1) is 15.1. The van der Waals surface area contributed by atoms with E-state index in [2.05, 4.69) is 21.7 Å². The molecule has 3 rings (SSSR count). The van der Waals surface area contributed by atoms with E-state index in [1.165, 1.54) is 12.8 Å². The third-order valence-corrected chi connectivity index (χ3v) is 4.74. The summed E-state index contributed by atoms with van der Waals surface area (Å²) in [6.45, 7) is 5.82. The van der Waals surface area contributed by atoms with Crippen LogP contribution in [0.15, 0.2) is 12.3 Å². The molecular weight excluding hydrogens is 280 g/mol. The van der Waals surface area contributed by atoms with Gasteiger partial charge in [0.25, 0.3) is 0 Å². The van der Waals surface area contributed by atoms with Crippen molar-refractivity contribution in [1.82, 2.24) is 9.97 Å². The molecule has 2 aliphatic heterocycles. The van der Waals surface area contributed by atoms with Gasteiger partial charge >= 0.3 is 5.97 Å². The highest BCUT2D eigenvalue weighted by Crippen LogP contribution is 2.25. The monoisotopic (exact) mass is 304 g/mol. The molecule has 0 radical (unpaired) electrons. The van der Waals surface area contributed by atoms with Gasteiger partial charge in [-0.25, -0.2) is 4.98 Å². The molecule has 3 heterocycles. The topological polar surface area (TPSA) is 69.6 Å². The number of carbonyl (C=O) groups is 1. The minimum Gasteiger partial charge on any atom is -0.481 e. The van der Waals surface area contributed by atoms with Crippen LogP contribution < -0.4 is 9.80 Å². The summed E-state index contributed by atoms with van der Waals surface area (Å²) in [6.07, 6.45) is 5.67. The van der Waals surface area contributed by atoms with E-state index in [4.69, 9.17) is 10.1 Å². The van der Waals surface area contributed by atoms with Gasteiger partial charge in [-0.05, 0) is 37.7 Å². The molecule has 1 aromatic rings. The van der Waals surface area contributed by atoms with Crippen molar-refractivity contribution in [2.24, 2.45) is 11.8 Å². The zero-order valence-corrected chi connectivity index (χ0v) is 13.1. The number of carboxylic acid groups (broad SMARTS) is 1. The Bertz CT molecular complexity index is 529. The predicted molar refractivity (Wildman–Crippen MR) is 85.2 cm³/mol. The Morgan fingerprint density at radius 1 is 1.23 bits per heavy atom. The highest BCUT2D eigenvalue weighted by Gasteiger charge is 2.26. The van der Waals surface area contributed by atoms with Crippen molar-refractivity contribution in [1.29, 1.82) is 0 Å². The Balaban J connectivity index is 1.68. The van der Waals surface area contributed by atoms with Crippen LogP contribution in [-0.4, -0.2) is 47.2 Å². The smallest absolute Gasteiger partial charge is 0.306 e. The van der Waals surface area contributed by atoms with Crippen LogP contribution >= 0.6 is 0 Å². The molecule has 6 nitrogen and oxygen atoms in total. The largest absolute Gasteiger partial charge is 0.481 e. The minimum absolute atomic E-state index is 0.208. The molecule has 0 spiro atoms. The number of aromatic nitrogens is 2. The van der Waals surface area contributed by atoms with E-state index < -0.39 is 5.97 Å². The van der Waals surface area contributed by atoms with E-state index in [0.717, 1.165) is 37.9 Å². The third kappa shape index (κ3) is 3.31. The maximum absolute atomic E-state index is 11.0. The first-order valence-electron chi connectivity index (χ1n) is 8.19. The average molecular weight is 304 g/mol. The van der Waals surface area contributed by atoms with E-state index in [0.29, 0.717) is 18.8 Å². The van der Waals surface area contributed by atoms with E-state index in [1.54, 1.807) is 0 Å². The zero-order valence-electron chi connectivity index (χ0n) is 13.1. The van der Waals surface area contributed by atoms with Crippen molar-refractivity contribution in [3.63, 3.8) is 0 Å². The molecule has 1 N–H and O–H groups in total.